The molecule has 1 amide bonds. The normalized spacial score (nSPS) is 16.0. The molecule has 0 bridgehead atoms. The topological polar surface area (TPSA) is 68.7 Å². The summed E-state index contributed by atoms with van der Waals surface area (Å²) in [7, 11) is 0. The van der Waals surface area contributed by atoms with Crippen molar-refractivity contribution in [1.29, 1.82) is 0 Å². The fourth-order valence-corrected chi connectivity index (χ4v) is 4.19. The molecule has 1 aliphatic heterocycles. The van der Waals surface area contributed by atoms with Crippen LogP contribution in [-0.4, -0.2) is 29.6 Å². The third-order valence-electron chi connectivity index (χ3n) is 4.31. The van der Waals surface area contributed by atoms with Crippen molar-refractivity contribution in [3.05, 3.63) is 52.5 Å². The molecule has 1 aliphatic rings. The molecule has 144 valence electrons. The van der Waals surface area contributed by atoms with Crippen LogP contribution in [0.2, 0.25) is 5.02 Å². The Morgan fingerprint density at radius 3 is 2.96 bits per heavy atom. The maximum absolute atomic E-state index is 13.1. The van der Waals surface area contributed by atoms with Crippen LogP contribution in [0.4, 0.5) is 5.69 Å². The van der Waals surface area contributed by atoms with E-state index in [1.807, 2.05) is 30.3 Å². The Morgan fingerprint density at radius 2 is 2.14 bits per heavy atom. The number of amides is 1. The average Bonchev–Trinajstić information content (AvgIpc) is 3.07. The minimum absolute atomic E-state index is 0.132. The van der Waals surface area contributed by atoms with Gasteiger partial charge in [-0.15, -0.1) is 11.3 Å². The van der Waals surface area contributed by atoms with E-state index in [2.05, 4.69) is 4.98 Å². The van der Waals surface area contributed by atoms with Crippen LogP contribution in [0.5, 0.6) is 5.75 Å². The number of halogens is 1. The Morgan fingerprint density at radius 1 is 1.32 bits per heavy atom. The van der Waals surface area contributed by atoms with Gasteiger partial charge in [0.1, 0.15) is 10.8 Å². The Labute approximate surface area is 170 Å². The molecule has 1 aromatic heterocycles. The predicted octanol–water partition coefficient (Wildman–Crippen LogP) is 4.20. The van der Waals surface area contributed by atoms with E-state index >= 15 is 0 Å². The number of benzene rings is 2. The predicted molar refractivity (Wildman–Crippen MR) is 108 cm³/mol. The van der Waals surface area contributed by atoms with E-state index in [-0.39, 0.29) is 25.5 Å². The molecule has 1 unspecified atom stereocenters. The number of hydrogen-bond donors (Lipinski definition) is 0. The van der Waals surface area contributed by atoms with Gasteiger partial charge in [-0.3, -0.25) is 14.5 Å². The second-order valence-corrected chi connectivity index (χ2v) is 7.78. The van der Waals surface area contributed by atoms with Gasteiger partial charge in [0.15, 0.2) is 6.10 Å². The van der Waals surface area contributed by atoms with E-state index < -0.39 is 12.1 Å². The summed E-state index contributed by atoms with van der Waals surface area (Å²) in [5.41, 5.74) is 1.45. The molecule has 8 heteroatoms. The van der Waals surface area contributed by atoms with E-state index in [0.29, 0.717) is 16.5 Å². The zero-order valence-corrected chi connectivity index (χ0v) is 16.6. The van der Waals surface area contributed by atoms with Crippen molar-refractivity contribution < 1.29 is 19.1 Å². The van der Waals surface area contributed by atoms with Crippen molar-refractivity contribution in [2.75, 3.05) is 11.5 Å². The highest BCUT2D eigenvalue weighted by atomic mass is 35.5. The molecule has 0 spiro atoms. The van der Waals surface area contributed by atoms with E-state index in [1.54, 1.807) is 24.0 Å². The molecule has 0 saturated carbocycles. The molecule has 1 atom stereocenters. The zero-order valence-electron chi connectivity index (χ0n) is 15.1. The SMILES string of the molecule is CCOC(=O)CC1Oc2ccccc2N(Cc2nc3cc(Cl)ccc3s2)C1=O. The number of nitrogens with zero attached hydrogens (tertiary/aromatic N) is 2. The average molecular weight is 417 g/mol. The molecular formula is C20H17ClN2O4S. The summed E-state index contributed by atoms with van der Waals surface area (Å²) in [6, 6.07) is 12.8. The van der Waals surface area contributed by atoms with Crippen molar-refractivity contribution in [1.82, 2.24) is 4.98 Å². The van der Waals surface area contributed by atoms with Crippen molar-refractivity contribution >= 4 is 50.7 Å². The molecule has 6 nitrogen and oxygen atoms in total. The standard InChI is InChI=1S/C20H17ClN2O4S/c1-2-26-19(24)10-16-20(25)23(14-5-3-4-6-15(14)27-16)11-18-22-13-9-12(21)7-8-17(13)28-18/h3-9,16H,2,10-11H2,1H3. The summed E-state index contributed by atoms with van der Waals surface area (Å²) in [5.74, 6) is -0.195. The van der Waals surface area contributed by atoms with E-state index in [0.717, 1.165) is 15.2 Å². The summed E-state index contributed by atoms with van der Waals surface area (Å²) >= 11 is 7.55. The fraction of sp³-hybridized carbons (Fsp3) is 0.250. The van der Waals surface area contributed by atoms with Crippen LogP contribution in [0.25, 0.3) is 10.2 Å². The Bertz CT molecular complexity index is 1050. The Hall–Kier alpha value is -2.64. The lowest BCUT2D eigenvalue weighted by molar-refractivity contribution is -0.147. The molecule has 2 heterocycles. The van der Waals surface area contributed by atoms with E-state index in [4.69, 9.17) is 21.1 Å². The number of anilines is 1. The smallest absolute Gasteiger partial charge is 0.310 e. The van der Waals surface area contributed by atoms with Crippen LogP contribution >= 0.6 is 22.9 Å². The molecule has 3 aromatic rings. The minimum atomic E-state index is -0.919. The molecule has 2 aromatic carbocycles. The largest absolute Gasteiger partial charge is 0.478 e. The number of aromatic nitrogens is 1. The highest BCUT2D eigenvalue weighted by Crippen LogP contribution is 2.36. The number of thiazole rings is 1. The molecule has 0 N–H and O–H groups in total. The van der Waals surface area contributed by atoms with Gasteiger partial charge in [-0.1, -0.05) is 23.7 Å². The first-order chi connectivity index (χ1) is 13.5. The van der Waals surface area contributed by atoms with Crippen LogP contribution < -0.4 is 9.64 Å². The van der Waals surface area contributed by atoms with Crippen LogP contribution in [-0.2, 0) is 20.9 Å². The quantitative estimate of drug-likeness (QED) is 0.583. The van der Waals surface area contributed by atoms with Gasteiger partial charge in [-0.05, 0) is 37.3 Å². The monoisotopic (exact) mass is 416 g/mol. The van der Waals surface area contributed by atoms with Gasteiger partial charge in [-0.2, -0.15) is 0 Å². The maximum atomic E-state index is 13.1. The van der Waals surface area contributed by atoms with Crippen molar-refractivity contribution in [3.8, 4) is 5.75 Å². The summed E-state index contributed by atoms with van der Waals surface area (Å²) in [6.07, 6.45) is -1.05. The van der Waals surface area contributed by atoms with Crippen molar-refractivity contribution in [2.24, 2.45) is 0 Å². The summed E-state index contributed by atoms with van der Waals surface area (Å²) in [6.45, 7) is 2.27. The van der Waals surface area contributed by atoms with Gasteiger partial charge < -0.3 is 9.47 Å². The fourth-order valence-electron chi connectivity index (χ4n) is 3.09. The number of para-hydroxylation sites is 2. The van der Waals surface area contributed by atoms with Crippen LogP contribution in [0.1, 0.15) is 18.4 Å². The lowest BCUT2D eigenvalue weighted by Crippen LogP contribution is -2.46. The molecule has 28 heavy (non-hydrogen) atoms. The highest BCUT2D eigenvalue weighted by Gasteiger charge is 2.36. The van der Waals surface area contributed by atoms with Crippen molar-refractivity contribution in [2.45, 2.75) is 26.0 Å². The number of esters is 1. The maximum Gasteiger partial charge on any atom is 0.310 e. The second-order valence-electron chi connectivity index (χ2n) is 6.23. The van der Waals surface area contributed by atoms with Crippen LogP contribution in [0.3, 0.4) is 0 Å². The number of carbonyl (C=O) groups excluding carboxylic acids is 2. The lowest BCUT2D eigenvalue weighted by Gasteiger charge is -2.33. The molecular weight excluding hydrogens is 400 g/mol. The first kappa shape index (κ1) is 18.7. The molecule has 0 aliphatic carbocycles. The van der Waals surface area contributed by atoms with Crippen LogP contribution in [0.15, 0.2) is 42.5 Å². The first-order valence-electron chi connectivity index (χ1n) is 8.83. The van der Waals surface area contributed by atoms with Crippen LogP contribution in [0, 0.1) is 0 Å². The van der Waals surface area contributed by atoms with E-state index in [9.17, 15) is 9.59 Å². The van der Waals surface area contributed by atoms with Gasteiger partial charge in [0, 0.05) is 5.02 Å². The molecule has 0 radical (unpaired) electrons. The number of carbonyl (C=O) groups is 2. The number of hydrogen-bond acceptors (Lipinski definition) is 6. The Balaban J connectivity index is 1.64. The highest BCUT2D eigenvalue weighted by molar-refractivity contribution is 7.18. The zero-order chi connectivity index (χ0) is 19.7. The molecule has 0 fully saturated rings. The summed E-state index contributed by atoms with van der Waals surface area (Å²) < 4.78 is 11.7. The van der Waals surface area contributed by atoms with Gasteiger partial charge in [-0.25, -0.2) is 4.98 Å². The number of ether oxygens (including phenoxy) is 2. The third kappa shape index (κ3) is 3.68. The first-order valence-corrected chi connectivity index (χ1v) is 10.0. The van der Waals surface area contributed by atoms with Gasteiger partial charge in [0.05, 0.1) is 35.5 Å². The summed E-state index contributed by atoms with van der Waals surface area (Å²) in [4.78, 5) is 31.1. The number of rotatable bonds is 5. The third-order valence-corrected chi connectivity index (χ3v) is 5.57. The Kier molecular flexibility index (Phi) is 5.19. The number of fused-ring (bicyclic) bond motifs is 2. The van der Waals surface area contributed by atoms with Gasteiger partial charge in [0.25, 0.3) is 5.91 Å². The molecule has 0 saturated heterocycles. The van der Waals surface area contributed by atoms with E-state index in [1.165, 1.54) is 11.3 Å². The minimum Gasteiger partial charge on any atom is -0.478 e. The van der Waals surface area contributed by atoms with Gasteiger partial charge >= 0.3 is 5.97 Å². The molecule has 4 rings (SSSR count). The van der Waals surface area contributed by atoms with Crippen molar-refractivity contribution in [3.63, 3.8) is 0 Å². The van der Waals surface area contributed by atoms with Gasteiger partial charge in [0.2, 0.25) is 0 Å². The summed E-state index contributed by atoms with van der Waals surface area (Å²) in [5, 5.41) is 1.39. The lowest BCUT2D eigenvalue weighted by atomic mass is 10.1. The second kappa shape index (κ2) is 7.77.